The van der Waals surface area contributed by atoms with Gasteiger partial charge in [-0.2, -0.15) is 0 Å². The second kappa shape index (κ2) is 3.89. The third kappa shape index (κ3) is 1.65. The number of hydrogen-bond acceptors (Lipinski definition) is 3. The van der Waals surface area contributed by atoms with Crippen LogP contribution in [0.2, 0.25) is 0 Å². The summed E-state index contributed by atoms with van der Waals surface area (Å²) >= 11 is 1.48. The Balaban J connectivity index is 2.20. The lowest BCUT2D eigenvalue weighted by atomic mass is 10.1. The number of carbonyl (C=O) groups is 1. The quantitative estimate of drug-likeness (QED) is 0.661. The van der Waals surface area contributed by atoms with Crippen LogP contribution in [-0.2, 0) is 0 Å². The number of rotatable bonds is 2. The van der Waals surface area contributed by atoms with E-state index in [2.05, 4.69) is 4.98 Å². The van der Waals surface area contributed by atoms with E-state index in [0.29, 0.717) is 0 Å². The van der Waals surface area contributed by atoms with Crippen LogP contribution in [0.25, 0.3) is 21.3 Å². The van der Waals surface area contributed by atoms with Gasteiger partial charge in [0.1, 0.15) is 11.4 Å². The Hall–Kier alpha value is -2.27. The Morgan fingerprint density at radius 2 is 2.11 bits per heavy atom. The summed E-state index contributed by atoms with van der Waals surface area (Å²) in [6, 6.07) is 8.51. The number of carboxylic acid groups (broad SMARTS) is 1. The van der Waals surface area contributed by atoms with E-state index in [1.54, 1.807) is 24.3 Å². The van der Waals surface area contributed by atoms with E-state index in [-0.39, 0.29) is 11.4 Å². The lowest BCUT2D eigenvalue weighted by molar-refractivity contribution is 0.0691. The highest BCUT2D eigenvalue weighted by Crippen LogP contribution is 2.35. The van der Waals surface area contributed by atoms with E-state index in [1.807, 2.05) is 11.4 Å². The van der Waals surface area contributed by atoms with Gasteiger partial charge in [-0.25, -0.2) is 4.79 Å². The Labute approximate surface area is 106 Å². The molecular formula is C13H9NO3S. The predicted molar refractivity (Wildman–Crippen MR) is 70.2 cm³/mol. The van der Waals surface area contributed by atoms with Gasteiger partial charge in [0, 0.05) is 10.9 Å². The third-order valence-corrected chi connectivity index (χ3v) is 3.67. The van der Waals surface area contributed by atoms with E-state index in [4.69, 9.17) is 5.11 Å². The molecule has 90 valence electrons. The maximum Gasteiger partial charge on any atom is 0.352 e. The van der Waals surface area contributed by atoms with E-state index >= 15 is 0 Å². The Kier molecular flexibility index (Phi) is 2.34. The van der Waals surface area contributed by atoms with Crippen LogP contribution in [0.3, 0.4) is 0 Å². The first-order valence-corrected chi connectivity index (χ1v) is 6.16. The maximum absolute atomic E-state index is 10.9. The molecule has 0 aliphatic rings. The number of aromatic carboxylic acids is 1. The van der Waals surface area contributed by atoms with Gasteiger partial charge in [-0.3, -0.25) is 0 Å². The molecule has 5 heteroatoms. The number of carboxylic acids is 1. The smallest absolute Gasteiger partial charge is 0.352 e. The summed E-state index contributed by atoms with van der Waals surface area (Å²) in [5, 5.41) is 20.4. The fourth-order valence-corrected chi connectivity index (χ4v) is 2.87. The zero-order valence-electron chi connectivity index (χ0n) is 9.18. The zero-order valence-corrected chi connectivity index (χ0v) is 9.99. The van der Waals surface area contributed by atoms with Crippen molar-refractivity contribution in [2.24, 2.45) is 0 Å². The molecule has 0 saturated carbocycles. The summed E-state index contributed by atoms with van der Waals surface area (Å²) in [4.78, 5) is 13.8. The lowest BCUT2D eigenvalue weighted by Crippen LogP contribution is -1.95. The van der Waals surface area contributed by atoms with Crippen molar-refractivity contribution < 1.29 is 15.0 Å². The number of hydrogen-bond donors (Lipinski definition) is 3. The number of phenolic OH excluding ortho intramolecular Hbond substituents is 1. The summed E-state index contributed by atoms with van der Waals surface area (Å²) in [5.41, 5.74) is 2.74. The first-order chi connectivity index (χ1) is 8.65. The van der Waals surface area contributed by atoms with Crippen molar-refractivity contribution in [1.29, 1.82) is 0 Å². The molecule has 0 fully saturated rings. The fourth-order valence-electron chi connectivity index (χ4n) is 1.91. The van der Waals surface area contributed by atoms with Gasteiger partial charge in [-0.05, 0) is 23.8 Å². The van der Waals surface area contributed by atoms with Gasteiger partial charge in [0.2, 0.25) is 0 Å². The number of fused-ring (bicyclic) bond motifs is 1. The molecule has 1 aromatic carbocycles. The van der Waals surface area contributed by atoms with Crippen LogP contribution in [0.4, 0.5) is 0 Å². The summed E-state index contributed by atoms with van der Waals surface area (Å²) in [6.45, 7) is 0. The molecule has 0 unspecified atom stereocenters. The standard InChI is InChI=1S/C13H9NO3S/c15-8-3-1-2-7(4-8)9-6-18-11-5-10(13(16)17)14-12(9)11/h1-6,14-15H,(H,16,17). The molecule has 2 heterocycles. The first-order valence-electron chi connectivity index (χ1n) is 5.28. The molecule has 0 radical (unpaired) electrons. The molecule has 0 amide bonds. The number of aromatic amines is 1. The first kappa shape index (κ1) is 10.9. The van der Waals surface area contributed by atoms with Crippen LogP contribution in [0.1, 0.15) is 10.5 Å². The molecule has 4 nitrogen and oxygen atoms in total. The summed E-state index contributed by atoms with van der Waals surface area (Å²) < 4.78 is 0.894. The topological polar surface area (TPSA) is 73.3 Å². The summed E-state index contributed by atoms with van der Waals surface area (Å²) in [6.07, 6.45) is 0. The van der Waals surface area contributed by atoms with Gasteiger partial charge in [0.25, 0.3) is 0 Å². The van der Waals surface area contributed by atoms with Gasteiger partial charge < -0.3 is 15.2 Å². The van der Waals surface area contributed by atoms with Crippen molar-refractivity contribution in [3.8, 4) is 16.9 Å². The number of phenols is 1. The third-order valence-electron chi connectivity index (χ3n) is 2.74. The van der Waals surface area contributed by atoms with Crippen molar-refractivity contribution >= 4 is 27.5 Å². The van der Waals surface area contributed by atoms with E-state index in [1.165, 1.54) is 11.3 Å². The normalized spacial score (nSPS) is 10.9. The average Bonchev–Trinajstić information content (AvgIpc) is 2.87. The minimum atomic E-state index is -0.972. The fraction of sp³-hybridized carbons (Fsp3) is 0. The van der Waals surface area contributed by atoms with Crippen LogP contribution >= 0.6 is 11.3 Å². The number of aromatic hydroxyl groups is 1. The molecule has 0 aliphatic carbocycles. The van der Waals surface area contributed by atoms with Crippen LogP contribution in [0.5, 0.6) is 5.75 Å². The minimum absolute atomic E-state index is 0.179. The molecule has 0 atom stereocenters. The molecule has 3 aromatic rings. The van der Waals surface area contributed by atoms with Crippen LogP contribution in [0, 0.1) is 0 Å². The second-order valence-corrected chi connectivity index (χ2v) is 4.84. The Morgan fingerprint density at radius 3 is 2.83 bits per heavy atom. The van der Waals surface area contributed by atoms with Crippen LogP contribution < -0.4 is 0 Å². The molecule has 18 heavy (non-hydrogen) atoms. The van der Waals surface area contributed by atoms with Gasteiger partial charge >= 0.3 is 5.97 Å². The van der Waals surface area contributed by atoms with E-state index in [0.717, 1.165) is 21.3 Å². The number of thiophene rings is 1. The van der Waals surface area contributed by atoms with Crippen molar-refractivity contribution in [1.82, 2.24) is 4.98 Å². The minimum Gasteiger partial charge on any atom is -0.508 e. The molecule has 0 aliphatic heterocycles. The van der Waals surface area contributed by atoms with Gasteiger partial charge in [0.15, 0.2) is 0 Å². The molecular weight excluding hydrogens is 250 g/mol. The molecule has 2 aromatic heterocycles. The van der Waals surface area contributed by atoms with Crippen molar-refractivity contribution in [2.75, 3.05) is 0 Å². The molecule has 3 N–H and O–H groups in total. The van der Waals surface area contributed by atoms with E-state index in [9.17, 15) is 9.90 Å². The Morgan fingerprint density at radius 1 is 1.28 bits per heavy atom. The zero-order chi connectivity index (χ0) is 12.7. The predicted octanol–water partition coefficient (Wildman–Crippen LogP) is 3.30. The molecule has 3 rings (SSSR count). The average molecular weight is 259 g/mol. The number of benzene rings is 1. The number of aromatic nitrogens is 1. The molecule has 0 spiro atoms. The van der Waals surface area contributed by atoms with Crippen LogP contribution in [-0.4, -0.2) is 21.2 Å². The highest BCUT2D eigenvalue weighted by molar-refractivity contribution is 7.17. The Bertz CT molecular complexity index is 742. The SMILES string of the molecule is O=C(O)c1cc2scc(-c3cccc(O)c3)c2[nH]1. The van der Waals surface area contributed by atoms with Crippen molar-refractivity contribution in [3.05, 3.63) is 41.4 Å². The van der Waals surface area contributed by atoms with Crippen LogP contribution in [0.15, 0.2) is 35.7 Å². The molecule has 0 bridgehead atoms. The second-order valence-electron chi connectivity index (χ2n) is 3.93. The van der Waals surface area contributed by atoms with Crippen molar-refractivity contribution in [3.63, 3.8) is 0 Å². The highest BCUT2D eigenvalue weighted by atomic mass is 32.1. The summed E-state index contributed by atoms with van der Waals surface area (Å²) in [5.74, 6) is -0.780. The highest BCUT2D eigenvalue weighted by Gasteiger charge is 2.13. The lowest BCUT2D eigenvalue weighted by Gasteiger charge is -1.99. The largest absolute Gasteiger partial charge is 0.508 e. The monoisotopic (exact) mass is 259 g/mol. The maximum atomic E-state index is 10.9. The summed E-state index contributed by atoms with van der Waals surface area (Å²) in [7, 11) is 0. The van der Waals surface area contributed by atoms with Gasteiger partial charge in [0.05, 0.1) is 10.2 Å². The molecule has 0 saturated heterocycles. The van der Waals surface area contributed by atoms with E-state index < -0.39 is 5.97 Å². The van der Waals surface area contributed by atoms with Crippen molar-refractivity contribution in [2.45, 2.75) is 0 Å². The number of H-pyrrole nitrogens is 1. The van der Waals surface area contributed by atoms with Gasteiger partial charge in [-0.1, -0.05) is 12.1 Å². The number of nitrogens with one attached hydrogen (secondary N) is 1. The van der Waals surface area contributed by atoms with Gasteiger partial charge in [-0.15, -0.1) is 11.3 Å².